The molecule has 1 aliphatic carbocycles. The second kappa shape index (κ2) is 6.26. The van der Waals surface area contributed by atoms with Crippen LogP contribution in [0.25, 0.3) is 0 Å². The smallest absolute Gasteiger partial charge is 0.142 e. The Morgan fingerprint density at radius 3 is 2.67 bits per heavy atom. The van der Waals surface area contributed by atoms with E-state index in [0.717, 1.165) is 32.1 Å². The van der Waals surface area contributed by atoms with Crippen LogP contribution < -0.4 is 0 Å². The highest BCUT2D eigenvalue weighted by molar-refractivity contribution is 6.31. The fraction of sp³-hybridized carbons (Fsp3) is 0.667. The van der Waals surface area contributed by atoms with Crippen molar-refractivity contribution in [3.63, 3.8) is 0 Å². The van der Waals surface area contributed by atoms with Gasteiger partial charge in [-0.3, -0.25) is 0 Å². The number of benzene rings is 1. The van der Waals surface area contributed by atoms with Gasteiger partial charge in [-0.2, -0.15) is 0 Å². The van der Waals surface area contributed by atoms with Crippen molar-refractivity contribution in [1.82, 2.24) is 0 Å². The van der Waals surface area contributed by atoms with Crippen LogP contribution in [-0.4, -0.2) is 10.7 Å². The van der Waals surface area contributed by atoms with Gasteiger partial charge < -0.3 is 5.11 Å². The summed E-state index contributed by atoms with van der Waals surface area (Å²) in [5.41, 5.74) is 0.243. The maximum absolute atomic E-state index is 13.5. The van der Waals surface area contributed by atoms with Crippen molar-refractivity contribution in [1.29, 1.82) is 0 Å². The van der Waals surface area contributed by atoms with Gasteiger partial charge in [0, 0.05) is 6.42 Å². The fourth-order valence-corrected chi connectivity index (χ4v) is 3.66. The van der Waals surface area contributed by atoms with Gasteiger partial charge in [-0.05, 0) is 48.6 Å². The van der Waals surface area contributed by atoms with Crippen LogP contribution in [0.2, 0.25) is 5.02 Å². The SMILES string of the molecule is CC(C)(C)C1CCCC(O)(Cc2cccc(F)c2Cl)CC1. The maximum Gasteiger partial charge on any atom is 0.142 e. The average Bonchev–Trinajstić information content (AvgIpc) is 2.57. The van der Waals surface area contributed by atoms with E-state index in [1.807, 2.05) is 6.07 Å². The Labute approximate surface area is 132 Å². The summed E-state index contributed by atoms with van der Waals surface area (Å²) >= 11 is 6.03. The number of hydrogen-bond donors (Lipinski definition) is 1. The maximum atomic E-state index is 13.5. The lowest BCUT2D eigenvalue weighted by atomic mass is 9.76. The molecule has 21 heavy (non-hydrogen) atoms. The van der Waals surface area contributed by atoms with Gasteiger partial charge in [-0.15, -0.1) is 0 Å². The summed E-state index contributed by atoms with van der Waals surface area (Å²) in [6, 6.07) is 4.84. The zero-order valence-corrected chi connectivity index (χ0v) is 14.0. The van der Waals surface area contributed by atoms with Crippen molar-refractivity contribution in [2.24, 2.45) is 11.3 Å². The van der Waals surface area contributed by atoms with Crippen molar-refractivity contribution < 1.29 is 9.50 Å². The topological polar surface area (TPSA) is 20.2 Å². The van der Waals surface area contributed by atoms with Crippen LogP contribution in [0.1, 0.15) is 58.4 Å². The molecule has 0 heterocycles. The monoisotopic (exact) mass is 312 g/mol. The predicted molar refractivity (Wildman–Crippen MR) is 86.1 cm³/mol. The first-order valence-electron chi connectivity index (χ1n) is 7.86. The summed E-state index contributed by atoms with van der Waals surface area (Å²) < 4.78 is 13.5. The van der Waals surface area contributed by atoms with E-state index in [1.165, 1.54) is 6.07 Å². The molecule has 118 valence electrons. The lowest BCUT2D eigenvalue weighted by molar-refractivity contribution is 0.0225. The summed E-state index contributed by atoms with van der Waals surface area (Å²) in [6.07, 6.45) is 5.18. The van der Waals surface area contributed by atoms with E-state index < -0.39 is 11.4 Å². The van der Waals surface area contributed by atoms with Gasteiger partial charge >= 0.3 is 0 Å². The zero-order valence-electron chi connectivity index (χ0n) is 13.3. The summed E-state index contributed by atoms with van der Waals surface area (Å²) in [5.74, 6) is 0.230. The largest absolute Gasteiger partial charge is 0.390 e. The normalized spacial score (nSPS) is 27.4. The predicted octanol–water partition coefficient (Wildman–Crippen LogP) is 5.38. The van der Waals surface area contributed by atoms with Crippen molar-refractivity contribution in [3.05, 3.63) is 34.6 Å². The molecule has 1 N–H and O–H groups in total. The Hall–Kier alpha value is -0.600. The van der Waals surface area contributed by atoms with E-state index in [4.69, 9.17) is 11.6 Å². The number of hydrogen-bond acceptors (Lipinski definition) is 1. The van der Waals surface area contributed by atoms with E-state index >= 15 is 0 Å². The second-order valence-electron chi connectivity index (χ2n) is 7.61. The number of halogens is 2. The van der Waals surface area contributed by atoms with Crippen molar-refractivity contribution >= 4 is 11.6 Å². The second-order valence-corrected chi connectivity index (χ2v) is 7.99. The first kappa shape index (κ1) is 16.8. The molecule has 1 nitrogen and oxygen atoms in total. The molecule has 1 fully saturated rings. The van der Waals surface area contributed by atoms with Gasteiger partial charge in [0.1, 0.15) is 5.82 Å². The summed E-state index contributed by atoms with van der Waals surface area (Å²) in [6.45, 7) is 6.81. The molecule has 1 aliphatic rings. The molecule has 0 saturated heterocycles. The van der Waals surface area contributed by atoms with Crippen molar-refractivity contribution in [2.75, 3.05) is 0 Å². The average molecular weight is 313 g/mol. The third-order valence-corrected chi connectivity index (χ3v) is 5.35. The third-order valence-electron chi connectivity index (χ3n) is 4.93. The molecular formula is C18H26ClFO. The standard InChI is InChI=1S/C18H26ClFO/c1-17(2,3)14-7-5-10-18(21,11-9-14)12-13-6-4-8-15(20)16(13)19/h4,6,8,14,21H,5,7,9-12H2,1-3H3. The molecule has 1 aromatic rings. The first-order chi connectivity index (χ1) is 9.71. The van der Waals surface area contributed by atoms with Crippen LogP contribution >= 0.6 is 11.6 Å². The van der Waals surface area contributed by atoms with Crippen molar-refractivity contribution in [2.45, 2.75) is 64.9 Å². The van der Waals surface area contributed by atoms with Gasteiger partial charge in [-0.25, -0.2) is 4.39 Å². The molecule has 3 heteroatoms. The van der Waals surface area contributed by atoms with Gasteiger partial charge in [0.05, 0.1) is 10.6 Å². The molecule has 1 saturated carbocycles. The Kier molecular flexibility index (Phi) is 4.99. The molecule has 0 aromatic heterocycles. The van der Waals surface area contributed by atoms with Gasteiger partial charge in [0.25, 0.3) is 0 Å². The van der Waals surface area contributed by atoms with Crippen LogP contribution in [0.15, 0.2) is 18.2 Å². The molecular weight excluding hydrogens is 287 g/mol. The Morgan fingerprint density at radius 2 is 2.00 bits per heavy atom. The summed E-state index contributed by atoms with van der Waals surface area (Å²) in [7, 11) is 0. The summed E-state index contributed by atoms with van der Waals surface area (Å²) in [5, 5.41) is 11.1. The minimum absolute atomic E-state index is 0.155. The minimum Gasteiger partial charge on any atom is -0.390 e. The lowest BCUT2D eigenvalue weighted by Crippen LogP contribution is -2.31. The van der Waals surface area contributed by atoms with E-state index in [0.29, 0.717) is 17.9 Å². The van der Waals surface area contributed by atoms with Crippen LogP contribution in [0, 0.1) is 17.2 Å². The van der Waals surface area contributed by atoms with Crippen molar-refractivity contribution in [3.8, 4) is 0 Å². The van der Waals surface area contributed by atoms with Crippen LogP contribution in [0.4, 0.5) is 4.39 Å². The Bertz CT molecular complexity index is 494. The molecule has 2 atom stereocenters. The summed E-state index contributed by atoms with van der Waals surface area (Å²) in [4.78, 5) is 0. The Balaban J connectivity index is 2.11. The first-order valence-corrected chi connectivity index (χ1v) is 8.24. The van der Waals surface area contributed by atoms with E-state index in [2.05, 4.69) is 20.8 Å². The minimum atomic E-state index is -0.753. The molecule has 0 spiro atoms. The van der Waals surface area contributed by atoms with Gasteiger partial charge in [0.15, 0.2) is 0 Å². The highest BCUT2D eigenvalue weighted by Gasteiger charge is 2.35. The molecule has 2 unspecified atom stereocenters. The van der Waals surface area contributed by atoms with E-state index in [-0.39, 0.29) is 10.4 Å². The molecule has 1 aromatic carbocycles. The fourth-order valence-electron chi connectivity index (χ4n) is 3.47. The van der Waals surface area contributed by atoms with Gasteiger partial charge in [-0.1, -0.05) is 50.9 Å². The van der Waals surface area contributed by atoms with Crippen LogP contribution in [0.3, 0.4) is 0 Å². The molecule has 0 bridgehead atoms. The van der Waals surface area contributed by atoms with E-state index in [1.54, 1.807) is 6.07 Å². The highest BCUT2D eigenvalue weighted by atomic mass is 35.5. The molecule has 0 amide bonds. The van der Waals surface area contributed by atoms with Crippen LogP contribution in [0.5, 0.6) is 0 Å². The van der Waals surface area contributed by atoms with Crippen LogP contribution in [-0.2, 0) is 6.42 Å². The molecule has 0 aliphatic heterocycles. The molecule has 2 rings (SSSR count). The highest BCUT2D eigenvalue weighted by Crippen LogP contribution is 2.41. The quantitative estimate of drug-likeness (QED) is 0.727. The molecule has 0 radical (unpaired) electrons. The lowest BCUT2D eigenvalue weighted by Gasteiger charge is -2.31. The zero-order chi connectivity index (χ0) is 15.7. The van der Waals surface area contributed by atoms with E-state index in [9.17, 15) is 9.50 Å². The number of rotatable bonds is 2. The Morgan fingerprint density at radius 1 is 1.29 bits per heavy atom. The third kappa shape index (κ3) is 4.20. The number of aliphatic hydroxyl groups is 1. The van der Waals surface area contributed by atoms with Gasteiger partial charge in [0.2, 0.25) is 0 Å².